The van der Waals surface area contributed by atoms with Crippen LogP contribution in [0.2, 0.25) is 0 Å². The van der Waals surface area contributed by atoms with Crippen molar-refractivity contribution in [3.05, 3.63) is 115 Å². The number of furan rings is 1. The van der Waals surface area contributed by atoms with E-state index in [1.54, 1.807) is 0 Å². The van der Waals surface area contributed by atoms with Crippen LogP contribution in [-0.2, 0) is 0 Å². The third-order valence-electron chi connectivity index (χ3n) is 5.74. The number of rotatable bonds is 3. The molecule has 0 N–H and O–H groups in total. The summed E-state index contributed by atoms with van der Waals surface area (Å²) in [5.41, 5.74) is 8.53. The molecular formula is C29H19NO. The first-order chi connectivity index (χ1) is 15.3. The van der Waals surface area contributed by atoms with Gasteiger partial charge in [0, 0.05) is 22.5 Å². The van der Waals surface area contributed by atoms with E-state index in [2.05, 4.69) is 96.0 Å². The molecule has 0 aliphatic heterocycles. The normalized spacial score (nSPS) is 11.2. The van der Waals surface area contributed by atoms with Gasteiger partial charge in [-0.1, -0.05) is 66.7 Å². The molecule has 0 unspecified atom stereocenters. The van der Waals surface area contributed by atoms with E-state index in [1.807, 2.05) is 24.4 Å². The fraction of sp³-hybridized carbons (Fsp3) is 0. The van der Waals surface area contributed by atoms with Gasteiger partial charge in [0.15, 0.2) is 0 Å². The Morgan fingerprint density at radius 3 is 1.87 bits per heavy atom. The minimum atomic E-state index is 0.892. The van der Waals surface area contributed by atoms with Gasteiger partial charge in [-0.25, -0.2) is 0 Å². The first-order valence-corrected chi connectivity index (χ1v) is 10.4. The minimum absolute atomic E-state index is 0.892. The number of fused-ring (bicyclic) bond motifs is 3. The van der Waals surface area contributed by atoms with Gasteiger partial charge in [0.1, 0.15) is 11.2 Å². The number of aromatic nitrogens is 1. The van der Waals surface area contributed by atoms with Crippen molar-refractivity contribution in [3.63, 3.8) is 0 Å². The molecule has 2 heteroatoms. The lowest BCUT2D eigenvalue weighted by atomic mass is 10.0. The number of nitrogens with zero attached hydrogens (tertiary/aromatic N) is 1. The molecule has 0 saturated carbocycles. The van der Waals surface area contributed by atoms with Crippen molar-refractivity contribution >= 4 is 21.9 Å². The van der Waals surface area contributed by atoms with E-state index < -0.39 is 0 Å². The molecule has 2 nitrogen and oxygen atoms in total. The van der Waals surface area contributed by atoms with Gasteiger partial charge in [0.2, 0.25) is 0 Å². The Labute approximate surface area is 180 Å². The number of pyridine rings is 1. The predicted molar refractivity (Wildman–Crippen MR) is 128 cm³/mol. The molecule has 0 aliphatic rings. The largest absolute Gasteiger partial charge is 0.456 e. The smallest absolute Gasteiger partial charge is 0.136 e. The zero-order valence-corrected chi connectivity index (χ0v) is 16.8. The lowest BCUT2D eigenvalue weighted by Crippen LogP contribution is -1.85. The second kappa shape index (κ2) is 7.26. The number of hydrogen-bond donors (Lipinski definition) is 0. The molecule has 2 heterocycles. The molecule has 6 rings (SSSR count). The minimum Gasteiger partial charge on any atom is -0.456 e. The standard InChI is InChI=1S/C29H19NO/c1-3-7-20(8-4-1)22-11-13-25-26-17-24(12-14-28(26)31-29(25)19-22)27-18-23(15-16-30-27)21-9-5-2-6-10-21/h1-19H. The molecule has 0 aliphatic carbocycles. The van der Waals surface area contributed by atoms with Crippen LogP contribution in [0.4, 0.5) is 0 Å². The van der Waals surface area contributed by atoms with Gasteiger partial charge in [-0.2, -0.15) is 0 Å². The molecule has 4 aromatic carbocycles. The van der Waals surface area contributed by atoms with Crippen molar-refractivity contribution in [2.75, 3.05) is 0 Å². The third kappa shape index (κ3) is 3.19. The predicted octanol–water partition coefficient (Wildman–Crippen LogP) is 7.98. The van der Waals surface area contributed by atoms with Crippen LogP contribution in [0.25, 0.3) is 55.4 Å². The second-order valence-corrected chi connectivity index (χ2v) is 7.69. The maximum Gasteiger partial charge on any atom is 0.136 e. The Morgan fingerprint density at radius 1 is 0.452 bits per heavy atom. The second-order valence-electron chi connectivity index (χ2n) is 7.69. The molecule has 0 spiro atoms. The monoisotopic (exact) mass is 397 g/mol. The van der Waals surface area contributed by atoms with Crippen LogP contribution in [0.5, 0.6) is 0 Å². The summed E-state index contributed by atoms with van der Waals surface area (Å²) in [4.78, 5) is 4.63. The first kappa shape index (κ1) is 17.7. The van der Waals surface area contributed by atoms with Crippen molar-refractivity contribution in [2.24, 2.45) is 0 Å². The van der Waals surface area contributed by atoms with Crippen molar-refractivity contribution in [1.82, 2.24) is 4.98 Å². The molecule has 0 amide bonds. The highest BCUT2D eigenvalue weighted by molar-refractivity contribution is 6.07. The summed E-state index contributed by atoms with van der Waals surface area (Å²) in [6.07, 6.45) is 1.88. The summed E-state index contributed by atoms with van der Waals surface area (Å²) < 4.78 is 6.18. The average molecular weight is 397 g/mol. The zero-order valence-electron chi connectivity index (χ0n) is 16.8. The van der Waals surface area contributed by atoms with Crippen LogP contribution in [0.15, 0.2) is 120 Å². The van der Waals surface area contributed by atoms with Crippen LogP contribution in [0, 0.1) is 0 Å². The molecule has 0 radical (unpaired) electrons. The summed E-state index contributed by atoms with van der Waals surface area (Å²) in [7, 11) is 0. The molecule has 31 heavy (non-hydrogen) atoms. The highest BCUT2D eigenvalue weighted by atomic mass is 16.3. The summed E-state index contributed by atoms with van der Waals surface area (Å²) in [5, 5.41) is 2.23. The Bertz CT molecular complexity index is 1510. The lowest BCUT2D eigenvalue weighted by molar-refractivity contribution is 0.669. The molecule has 6 aromatic rings. The fourth-order valence-electron chi connectivity index (χ4n) is 4.15. The van der Waals surface area contributed by atoms with Gasteiger partial charge in [0.05, 0.1) is 5.69 Å². The highest BCUT2D eigenvalue weighted by Gasteiger charge is 2.11. The van der Waals surface area contributed by atoms with E-state index >= 15 is 0 Å². The van der Waals surface area contributed by atoms with Gasteiger partial charge < -0.3 is 4.42 Å². The summed E-state index contributed by atoms with van der Waals surface area (Å²) in [6, 6.07) is 37.7. The molecule has 0 saturated heterocycles. The van der Waals surface area contributed by atoms with Gasteiger partial charge in [-0.05, 0) is 64.7 Å². The number of hydrogen-bond acceptors (Lipinski definition) is 2. The van der Waals surface area contributed by atoms with E-state index in [9.17, 15) is 0 Å². The first-order valence-electron chi connectivity index (χ1n) is 10.4. The molecule has 0 atom stereocenters. The van der Waals surface area contributed by atoms with E-state index in [0.717, 1.165) is 44.3 Å². The Hall–Kier alpha value is -4.17. The molecule has 0 bridgehead atoms. The molecule has 2 aromatic heterocycles. The van der Waals surface area contributed by atoms with E-state index in [0.29, 0.717) is 0 Å². The Kier molecular flexibility index (Phi) is 4.14. The summed E-state index contributed by atoms with van der Waals surface area (Å²) in [5.74, 6) is 0. The fourth-order valence-corrected chi connectivity index (χ4v) is 4.15. The van der Waals surface area contributed by atoms with Crippen LogP contribution >= 0.6 is 0 Å². The molecule has 146 valence electrons. The Balaban J connectivity index is 1.45. The van der Waals surface area contributed by atoms with E-state index in [1.165, 1.54) is 11.1 Å². The maximum atomic E-state index is 6.18. The average Bonchev–Trinajstić information content (AvgIpc) is 3.22. The van der Waals surface area contributed by atoms with E-state index in [-0.39, 0.29) is 0 Å². The summed E-state index contributed by atoms with van der Waals surface area (Å²) in [6.45, 7) is 0. The van der Waals surface area contributed by atoms with Crippen LogP contribution in [-0.4, -0.2) is 4.98 Å². The van der Waals surface area contributed by atoms with Crippen molar-refractivity contribution < 1.29 is 4.42 Å². The van der Waals surface area contributed by atoms with Crippen molar-refractivity contribution in [3.8, 4) is 33.5 Å². The maximum absolute atomic E-state index is 6.18. The van der Waals surface area contributed by atoms with Crippen LogP contribution in [0.3, 0.4) is 0 Å². The summed E-state index contributed by atoms with van der Waals surface area (Å²) >= 11 is 0. The Morgan fingerprint density at radius 2 is 1.13 bits per heavy atom. The third-order valence-corrected chi connectivity index (χ3v) is 5.74. The van der Waals surface area contributed by atoms with Crippen molar-refractivity contribution in [1.29, 1.82) is 0 Å². The van der Waals surface area contributed by atoms with Crippen molar-refractivity contribution in [2.45, 2.75) is 0 Å². The lowest BCUT2D eigenvalue weighted by Gasteiger charge is -2.05. The molecule has 0 fully saturated rings. The SMILES string of the molecule is c1ccc(-c2ccnc(-c3ccc4oc5cc(-c6ccccc6)ccc5c4c3)c2)cc1. The van der Waals surface area contributed by atoms with Crippen LogP contribution < -0.4 is 0 Å². The van der Waals surface area contributed by atoms with E-state index in [4.69, 9.17) is 4.42 Å². The molecular weight excluding hydrogens is 378 g/mol. The number of benzene rings is 4. The van der Waals surface area contributed by atoms with Gasteiger partial charge in [0.25, 0.3) is 0 Å². The highest BCUT2D eigenvalue weighted by Crippen LogP contribution is 2.35. The van der Waals surface area contributed by atoms with Gasteiger partial charge in [-0.15, -0.1) is 0 Å². The van der Waals surface area contributed by atoms with Gasteiger partial charge >= 0.3 is 0 Å². The topological polar surface area (TPSA) is 26.0 Å². The van der Waals surface area contributed by atoms with Crippen LogP contribution in [0.1, 0.15) is 0 Å². The van der Waals surface area contributed by atoms with Gasteiger partial charge in [-0.3, -0.25) is 4.98 Å². The zero-order chi connectivity index (χ0) is 20.6. The quantitative estimate of drug-likeness (QED) is 0.302.